The second kappa shape index (κ2) is 9.27. The predicted octanol–water partition coefficient (Wildman–Crippen LogP) is 1.66. The van der Waals surface area contributed by atoms with Gasteiger partial charge < -0.3 is 10.6 Å². The summed E-state index contributed by atoms with van der Waals surface area (Å²) in [5.41, 5.74) is 3.04. The quantitative estimate of drug-likeness (QED) is 0.534. The topological polar surface area (TPSA) is 125 Å². The average Bonchev–Trinajstić information content (AvgIpc) is 3.02. The van der Waals surface area contributed by atoms with Crippen molar-refractivity contribution in [3.8, 4) is 0 Å². The van der Waals surface area contributed by atoms with Gasteiger partial charge in [0.15, 0.2) is 0 Å². The molecule has 9 nitrogen and oxygen atoms in total. The number of urea groups is 1. The molecule has 4 amide bonds. The van der Waals surface area contributed by atoms with Crippen LogP contribution in [0.15, 0.2) is 47.4 Å². The fourth-order valence-corrected chi connectivity index (χ4v) is 4.15. The summed E-state index contributed by atoms with van der Waals surface area (Å²) in [5.74, 6) is -0.676. The van der Waals surface area contributed by atoms with Crippen molar-refractivity contribution in [1.29, 1.82) is 0 Å². The van der Waals surface area contributed by atoms with Crippen molar-refractivity contribution in [3.63, 3.8) is 0 Å². The molecule has 0 aromatic heterocycles. The Morgan fingerprint density at radius 3 is 2.55 bits per heavy atom. The monoisotopic (exact) mass is 444 g/mol. The molecule has 1 aliphatic heterocycles. The molecule has 1 fully saturated rings. The largest absolute Gasteiger partial charge is 0.329 e. The van der Waals surface area contributed by atoms with E-state index in [4.69, 9.17) is 0 Å². The van der Waals surface area contributed by atoms with Crippen molar-refractivity contribution < 1.29 is 22.8 Å². The van der Waals surface area contributed by atoms with Crippen LogP contribution in [0.2, 0.25) is 0 Å². The fraction of sp³-hybridized carbons (Fsp3) is 0.286. The number of hydrogen-bond acceptors (Lipinski definition) is 5. The molecule has 1 saturated heterocycles. The number of nitrogens with one attached hydrogen (secondary N) is 3. The highest BCUT2D eigenvalue weighted by Crippen LogP contribution is 2.16. The first kappa shape index (κ1) is 22.4. The second-order valence-corrected chi connectivity index (χ2v) is 9.05. The van der Waals surface area contributed by atoms with Gasteiger partial charge in [-0.1, -0.05) is 18.2 Å². The van der Waals surface area contributed by atoms with E-state index in [0.717, 1.165) is 16.0 Å². The first-order valence-corrected chi connectivity index (χ1v) is 11.2. The summed E-state index contributed by atoms with van der Waals surface area (Å²) in [6.45, 7) is 3.76. The molecule has 0 radical (unpaired) electrons. The Hall–Kier alpha value is -3.24. The molecule has 0 unspecified atom stereocenters. The zero-order valence-corrected chi connectivity index (χ0v) is 18.1. The van der Waals surface area contributed by atoms with E-state index in [0.29, 0.717) is 11.3 Å². The van der Waals surface area contributed by atoms with Gasteiger partial charge in [-0.2, -0.15) is 0 Å². The van der Waals surface area contributed by atoms with E-state index in [2.05, 4.69) is 15.4 Å². The van der Waals surface area contributed by atoms with Crippen molar-refractivity contribution >= 4 is 33.6 Å². The maximum absolute atomic E-state index is 12.4. The van der Waals surface area contributed by atoms with Gasteiger partial charge in [0.2, 0.25) is 21.8 Å². The standard InChI is InChI=1S/C21H24N4O5S/c1-14-6-7-18(10-15(14)2)31(29,30)23-9-8-19(26)24-17-5-3-4-16(11-17)13-25-20(27)12-22-21(25)28/h3-7,10-11,23H,8-9,12-13H2,1-2H3,(H,22,28)(H,24,26). The van der Waals surface area contributed by atoms with Crippen molar-refractivity contribution in [1.82, 2.24) is 14.9 Å². The van der Waals surface area contributed by atoms with Crippen LogP contribution in [-0.4, -0.2) is 44.3 Å². The zero-order valence-electron chi connectivity index (χ0n) is 17.3. The molecular weight excluding hydrogens is 420 g/mol. The first-order valence-electron chi connectivity index (χ1n) is 9.69. The number of aryl methyl sites for hydroxylation is 2. The van der Waals surface area contributed by atoms with Gasteiger partial charge in [-0.15, -0.1) is 0 Å². The number of anilines is 1. The summed E-state index contributed by atoms with van der Waals surface area (Å²) in [6, 6.07) is 11.2. The molecule has 1 heterocycles. The van der Waals surface area contributed by atoms with Gasteiger partial charge >= 0.3 is 6.03 Å². The molecule has 31 heavy (non-hydrogen) atoms. The normalized spacial score (nSPS) is 13.9. The summed E-state index contributed by atoms with van der Waals surface area (Å²) in [4.78, 5) is 36.8. The number of benzene rings is 2. The second-order valence-electron chi connectivity index (χ2n) is 7.28. The Morgan fingerprint density at radius 2 is 1.87 bits per heavy atom. The Labute approximate surface area is 180 Å². The first-order chi connectivity index (χ1) is 14.7. The van der Waals surface area contributed by atoms with Gasteiger partial charge in [-0.05, 0) is 54.8 Å². The van der Waals surface area contributed by atoms with E-state index in [1.807, 2.05) is 13.8 Å². The SMILES string of the molecule is Cc1ccc(S(=O)(=O)NCCC(=O)Nc2cccc(CN3C(=O)CNC3=O)c2)cc1C. The van der Waals surface area contributed by atoms with E-state index in [-0.39, 0.29) is 42.8 Å². The van der Waals surface area contributed by atoms with Gasteiger partial charge in [0.05, 0.1) is 18.0 Å². The summed E-state index contributed by atoms with van der Waals surface area (Å²) in [6.07, 6.45) is -0.0542. The van der Waals surface area contributed by atoms with Gasteiger partial charge in [-0.3, -0.25) is 14.5 Å². The molecule has 0 spiro atoms. The molecule has 1 aliphatic rings. The minimum absolute atomic E-state index is 0.0205. The molecule has 0 bridgehead atoms. The third kappa shape index (κ3) is 5.68. The van der Waals surface area contributed by atoms with Crippen LogP contribution in [0.5, 0.6) is 0 Å². The highest BCUT2D eigenvalue weighted by Gasteiger charge is 2.28. The van der Waals surface area contributed by atoms with Crippen molar-refractivity contribution in [2.45, 2.75) is 31.7 Å². The van der Waals surface area contributed by atoms with E-state index in [1.165, 1.54) is 6.07 Å². The minimum Gasteiger partial charge on any atom is -0.329 e. The van der Waals surface area contributed by atoms with E-state index in [9.17, 15) is 22.8 Å². The molecule has 0 aliphatic carbocycles. The fourth-order valence-electron chi connectivity index (χ4n) is 3.03. The number of sulfonamides is 1. The third-order valence-corrected chi connectivity index (χ3v) is 6.38. The smallest absolute Gasteiger partial charge is 0.324 e. The summed E-state index contributed by atoms with van der Waals surface area (Å²) >= 11 is 0. The van der Waals surface area contributed by atoms with E-state index >= 15 is 0 Å². The number of rotatable bonds is 8. The lowest BCUT2D eigenvalue weighted by Crippen LogP contribution is -2.30. The Bertz CT molecular complexity index is 1110. The molecule has 0 atom stereocenters. The summed E-state index contributed by atoms with van der Waals surface area (Å²) in [7, 11) is -3.70. The van der Waals surface area contributed by atoms with Crippen LogP contribution in [-0.2, 0) is 26.2 Å². The summed E-state index contributed by atoms with van der Waals surface area (Å²) < 4.78 is 27.2. The van der Waals surface area contributed by atoms with Crippen LogP contribution < -0.4 is 15.4 Å². The van der Waals surface area contributed by atoms with Crippen molar-refractivity contribution in [3.05, 3.63) is 59.2 Å². The predicted molar refractivity (Wildman–Crippen MR) is 115 cm³/mol. The molecule has 3 rings (SSSR count). The molecule has 3 N–H and O–H groups in total. The highest BCUT2D eigenvalue weighted by atomic mass is 32.2. The summed E-state index contributed by atoms with van der Waals surface area (Å²) in [5, 5.41) is 5.15. The maximum Gasteiger partial charge on any atom is 0.324 e. The van der Waals surface area contributed by atoms with Crippen LogP contribution in [0.4, 0.5) is 10.5 Å². The number of amides is 4. The van der Waals surface area contributed by atoms with Gasteiger partial charge in [0.1, 0.15) is 0 Å². The van der Waals surface area contributed by atoms with Crippen molar-refractivity contribution in [2.24, 2.45) is 0 Å². The zero-order chi connectivity index (χ0) is 22.6. The van der Waals surface area contributed by atoms with Crippen LogP contribution in [0.25, 0.3) is 0 Å². The highest BCUT2D eigenvalue weighted by molar-refractivity contribution is 7.89. The minimum atomic E-state index is -3.70. The Balaban J connectivity index is 1.53. The van der Waals surface area contributed by atoms with Gasteiger partial charge in [-0.25, -0.2) is 17.9 Å². The Morgan fingerprint density at radius 1 is 1.10 bits per heavy atom. The molecule has 164 valence electrons. The van der Waals surface area contributed by atoms with Crippen LogP contribution in [0.1, 0.15) is 23.1 Å². The van der Waals surface area contributed by atoms with Crippen LogP contribution in [0.3, 0.4) is 0 Å². The van der Waals surface area contributed by atoms with Crippen LogP contribution in [0, 0.1) is 13.8 Å². The molecule has 2 aromatic carbocycles. The number of carbonyl (C=O) groups excluding carboxylic acids is 3. The number of carbonyl (C=O) groups is 3. The molecule has 2 aromatic rings. The lowest BCUT2D eigenvalue weighted by molar-refractivity contribution is -0.125. The molecule has 10 heteroatoms. The Kier molecular flexibility index (Phi) is 6.71. The van der Waals surface area contributed by atoms with Crippen LogP contribution >= 0.6 is 0 Å². The van der Waals surface area contributed by atoms with Gasteiger partial charge in [0, 0.05) is 18.7 Å². The number of nitrogens with zero attached hydrogens (tertiary/aromatic N) is 1. The lowest BCUT2D eigenvalue weighted by atomic mass is 10.1. The third-order valence-electron chi connectivity index (χ3n) is 4.92. The molecule has 0 saturated carbocycles. The van der Waals surface area contributed by atoms with E-state index in [1.54, 1.807) is 36.4 Å². The van der Waals surface area contributed by atoms with Crippen molar-refractivity contribution in [2.75, 3.05) is 18.4 Å². The van der Waals surface area contributed by atoms with E-state index < -0.39 is 16.1 Å². The maximum atomic E-state index is 12.4. The lowest BCUT2D eigenvalue weighted by Gasteiger charge is -2.13. The average molecular weight is 445 g/mol. The number of imide groups is 1. The van der Waals surface area contributed by atoms with Gasteiger partial charge in [0.25, 0.3) is 0 Å². The number of hydrogen-bond donors (Lipinski definition) is 3. The molecular formula is C21H24N4O5S.